The quantitative estimate of drug-likeness (QED) is 0.804. The van der Waals surface area contributed by atoms with E-state index in [0.717, 1.165) is 0 Å². The van der Waals surface area contributed by atoms with E-state index in [-0.39, 0.29) is 11.9 Å². The first-order chi connectivity index (χ1) is 7.43. The van der Waals surface area contributed by atoms with Crippen molar-refractivity contribution in [1.29, 1.82) is 0 Å². The molecule has 0 fully saturated rings. The number of aliphatic imine (C=N–C) groups is 1. The van der Waals surface area contributed by atoms with Crippen molar-refractivity contribution in [2.24, 2.45) is 10.7 Å². The first-order valence-electron chi connectivity index (χ1n) is 4.56. The van der Waals surface area contributed by atoms with Gasteiger partial charge in [-0.1, -0.05) is 29.3 Å². The van der Waals surface area contributed by atoms with Gasteiger partial charge >= 0.3 is 0 Å². The van der Waals surface area contributed by atoms with Crippen molar-refractivity contribution in [2.45, 2.75) is 12.5 Å². The highest BCUT2D eigenvalue weighted by atomic mass is 35.5. The lowest BCUT2D eigenvalue weighted by atomic mass is 9.92. The summed E-state index contributed by atoms with van der Waals surface area (Å²) < 4.78 is 0. The SMILES string of the molecule is CC1(c2ccc(Cl)cc2Cl)N=C(N)NC1=O. The van der Waals surface area contributed by atoms with Gasteiger partial charge in [-0.25, -0.2) is 4.99 Å². The maximum absolute atomic E-state index is 11.7. The van der Waals surface area contributed by atoms with Crippen molar-refractivity contribution in [2.75, 3.05) is 0 Å². The third-order valence-electron chi connectivity index (χ3n) is 2.48. The van der Waals surface area contributed by atoms with Gasteiger partial charge < -0.3 is 5.73 Å². The Morgan fingerprint density at radius 1 is 1.44 bits per heavy atom. The lowest BCUT2D eigenvalue weighted by molar-refractivity contribution is -0.123. The molecule has 2 rings (SSSR count). The van der Waals surface area contributed by atoms with Crippen LogP contribution in [0.25, 0.3) is 0 Å². The van der Waals surface area contributed by atoms with Gasteiger partial charge in [0.1, 0.15) is 0 Å². The molecular formula is C10H9Cl2N3O. The van der Waals surface area contributed by atoms with E-state index in [1.807, 2.05) is 0 Å². The highest BCUT2D eigenvalue weighted by Gasteiger charge is 2.41. The van der Waals surface area contributed by atoms with Gasteiger partial charge in [0.2, 0.25) is 0 Å². The number of nitrogens with one attached hydrogen (secondary N) is 1. The number of nitrogens with zero attached hydrogens (tertiary/aromatic N) is 1. The van der Waals surface area contributed by atoms with Crippen molar-refractivity contribution < 1.29 is 4.79 Å². The molecule has 0 saturated carbocycles. The summed E-state index contributed by atoms with van der Waals surface area (Å²) in [6.07, 6.45) is 0. The molecule has 1 unspecified atom stereocenters. The van der Waals surface area contributed by atoms with E-state index in [2.05, 4.69) is 10.3 Å². The van der Waals surface area contributed by atoms with Crippen LogP contribution in [0.2, 0.25) is 10.0 Å². The summed E-state index contributed by atoms with van der Waals surface area (Å²) in [5.41, 5.74) is 4.97. The monoisotopic (exact) mass is 257 g/mol. The van der Waals surface area contributed by atoms with Gasteiger partial charge in [-0.15, -0.1) is 0 Å². The molecule has 0 aliphatic carbocycles. The van der Waals surface area contributed by atoms with E-state index in [1.165, 1.54) is 0 Å². The lowest BCUT2D eigenvalue weighted by Gasteiger charge is -2.19. The molecule has 1 aliphatic rings. The first-order valence-corrected chi connectivity index (χ1v) is 5.31. The first kappa shape index (κ1) is 11.2. The number of nitrogens with two attached hydrogens (primary N) is 1. The van der Waals surface area contributed by atoms with Crippen LogP contribution in [0.15, 0.2) is 23.2 Å². The fraction of sp³-hybridized carbons (Fsp3) is 0.200. The Labute approximate surface area is 102 Å². The van der Waals surface area contributed by atoms with Crippen LogP contribution in [0.4, 0.5) is 0 Å². The topological polar surface area (TPSA) is 67.5 Å². The van der Waals surface area contributed by atoms with Crippen LogP contribution < -0.4 is 11.1 Å². The van der Waals surface area contributed by atoms with E-state index >= 15 is 0 Å². The van der Waals surface area contributed by atoms with Gasteiger partial charge in [-0.05, 0) is 19.1 Å². The Kier molecular flexibility index (Phi) is 2.56. The summed E-state index contributed by atoms with van der Waals surface area (Å²) in [7, 11) is 0. The van der Waals surface area contributed by atoms with Gasteiger partial charge in [-0.2, -0.15) is 0 Å². The molecule has 0 spiro atoms. The molecule has 1 aromatic rings. The maximum atomic E-state index is 11.7. The van der Waals surface area contributed by atoms with Crippen LogP contribution in [0.1, 0.15) is 12.5 Å². The molecule has 0 radical (unpaired) electrons. The average Bonchev–Trinajstić information content (AvgIpc) is 2.40. The predicted octanol–water partition coefficient (Wildman–Crippen LogP) is 1.65. The molecule has 3 N–H and O–H groups in total. The van der Waals surface area contributed by atoms with E-state index < -0.39 is 5.54 Å². The van der Waals surface area contributed by atoms with E-state index in [1.54, 1.807) is 25.1 Å². The normalized spacial score (nSPS) is 24.2. The molecule has 1 heterocycles. The van der Waals surface area contributed by atoms with Crippen molar-refractivity contribution in [3.8, 4) is 0 Å². The fourth-order valence-electron chi connectivity index (χ4n) is 1.62. The molecule has 1 amide bonds. The second kappa shape index (κ2) is 3.64. The number of benzene rings is 1. The number of rotatable bonds is 1. The van der Waals surface area contributed by atoms with Gasteiger partial charge in [0, 0.05) is 15.6 Å². The summed E-state index contributed by atoms with van der Waals surface area (Å²) in [6, 6.07) is 4.90. The smallest absolute Gasteiger partial charge is 0.259 e. The molecule has 84 valence electrons. The molecule has 1 atom stereocenters. The summed E-state index contributed by atoms with van der Waals surface area (Å²) in [5.74, 6) is -0.201. The largest absolute Gasteiger partial charge is 0.370 e. The standard InChI is InChI=1S/C10H9Cl2N3O/c1-10(8(16)14-9(13)15-10)6-3-2-5(11)4-7(6)12/h2-4H,1H3,(H3,13,14,15,16). The van der Waals surface area contributed by atoms with E-state index in [9.17, 15) is 4.79 Å². The number of guanidine groups is 1. The lowest BCUT2D eigenvalue weighted by Crippen LogP contribution is -2.37. The average molecular weight is 258 g/mol. The van der Waals surface area contributed by atoms with Crippen molar-refractivity contribution in [1.82, 2.24) is 5.32 Å². The molecule has 0 bridgehead atoms. The molecule has 1 aliphatic heterocycles. The summed E-state index contributed by atoms with van der Waals surface area (Å²) in [6.45, 7) is 1.65. The second-order valence-electron chi connectivity index (χ2n) is 3.65. The zero-order valence-corrected chi connectivity index (χ0v) is 9.93. The van der Waals surface area contributed by atoms with E-state index in [0.29, 0.717) is 15.6 Å². The number of carbonyl (C=O) groups excluding carboxylic acids is 1. The number of halogens is 2. The van der Waals surface area contributed by atoms with Gasteiger partial charge in [0.25, 0.3) is 5.91 Å². The maximum Gasteiger partial charge on any atom is 0.259 e. The third-order valence-corrected chi connectivity index (χ3v) is 3.03. The van der Waals surface area contributed by atoms with Gasteiger partial charge in [0.15, 0.2) is 11.5 Å². The zero-order chi connectivity index (χ0) is 11.9. The number of hydrogen-bond acceptors (Lipinski definition) is 3. The minimum Gasteiger partial charge on any atom is -0.370 e. The van der Waals surface area contributed by atoms with Crippen LogP contribution in [0.5, 0.6) is 0 Å². The van der Waals surface area contributed by atoms with Crippen LogP contribution in [-0.4, -0.2) is 11.9 Å². The molecule has 0 saturated heterocycles. The van der Waals surface area contributed by atoms with E-state index in [4.69, 9.17) is 28.9 Å². The zero-order valence-electron chi connectivity index (χ0n) is 8.42. The number of carbonyl (C=O) groups is 1. The Bertz CT molecular complexity index is 501. The van der Waals surface area contributed by atoms with Crippen molar-refractivity contribution >= 4 is 35.1 Å². The van der Waals surface area contributed by atoms with Crippen LogP contribution in [0.3, 0.4) is 0 Å². The minimum atomic E-state index is -1.08. The second-order valence-corrected chi connectivity index (χ2v) is 4.49. The van der Waals surface area contributed by atoms with Crippen LogP contribution in [-0.2, 0) is 10.3 Å². The van der Waals surface area contributed by atoms with Gasteiger partial charge in [-0.3, -0.25) is 10.1 Å². The Hall–Kier alpha value is -1.26. The highest BCUT2D eigenvalue weighted by Crippen LogP contribution is 2.35. The number of hydrogen-bond donors (Lipinski definition) is 2. The summed E-state index contributed by atoms with van der Waals surface area (Å²) in [4.78, 5) is 15.8. The predicted molar refractivity (Wildman–Crippen MR) is 63.6 cm³/mol. The Morgan fingerprint density at radius 3 is 2.62 bits per heavy atom. The summed E-state index contributed by atoms with van der Waals surface area (Å²) >= 11 is 11.8. The Morgan fingerprint density at radius 2 is 2.12 bits per heavy atom. The fourth-order valence-corrected chi connectivity index (χ4v) is 2.22. The number of amides is 1. The molecule has 16 heavy (non-hydrogen) atoms. The minimum absolute atomic E-state index is 0.0958. The van der Waals surface area contributed by atoms with Crippen LogP contribution in [0, 0.1) is 0 Å². The molecule has 1 aromatic carbocycles. The molecule has 0 aromatic heterocycles. The van der Waals surface area contributed by atoms with Crippen LogP contribution >= 0.6 is 23.2 Å². The van der Waals surface area contributed by atoms with Crippen molar-refractivity contribution in [3.05, 3.63) is 33.8 Å². The summed E-state index contributed by atoms with van der Waals surface area (Å²) in [5, 5.41) is 3.34. The third kappa shape index (κ3) is 1.64. The molecular weight excluding hydrogens is 249 g/mol. The Balaban J connectivity index is 2.56. The van der Waals surface area contributed by atoms with Crippen molar-refractivity contribution in [3.63, 3.8) is 0 Å². The molecule has 6 heteroatoms. The highest BCUT2D eigenvalue weighted by molar-refractivity contribution is 6.35. The molecule has 4 nitrogen and oxygen atoms in total. The van der Waals surface area contributed by atoms with Gasteiger partial charge in [0.05, 0.1) is 0 Å².